The monoisotopic (exact) mass is 419 g/mol. The van der Waals surface area contributed by atoms with Gasteiger partial charge in [-0.15, -0.1) is 0 Å². The number of amides is 1. The second-order valence-corrected chi connectivity index (χ2v) is 8.17. The van der Waals surface area contributed by atoms with Gasteiger partial charge in [0.1, 0.15) is 17.6 Å². The lowest BCUT2D eigenvalue weighted by atomic mass is 9.77. The predicted molar refractivity (Wildman–Crippen MR) is 108 cm³/mol. The molecule has 2 aliphatic rings. The highest BCUT2D eigenvalue weighted by atomic mass is 19.2. The summed E-state index contributed by atoms with van der Waals surface area (Å²) in [4.78, 5) is 23.1. The standard InChI is InChI=1S/C21H24F3N5O/c1-10-19-20(29(3)11(2)21(30)28-19)27-17(25-10)5-4-12-6-13(7-12)26-14-8-15(22)18(24)16(23)9-14/h8-9,11-13,26H,4-7H2,1-3H3,(H,28,30)/t11-,12?,13?/m0/s1. The van der Waals surface area contributed by atoms with Crippen molar-refractivity contribution in [3.05, 3.63) is 41.1 Å². The van der Waals surface area contributed by atoms with E-state index in [-0.39, 0.29) is 23.7 Å². The second-order valence-electron chi connectivity index (χ2n) is 8.17. The normalized spacial score (nSPS) is 22.9. The largest absolute Gasteiger partial charge is 0.382 e. The molecule has 1 atom stereocenters. The van der Waals surface area contributed by atoms with Gasteiger partial charge >= 0.3 is 0 Å². The van der Waals surface area contributed by atoms with Crippen LogP contribution in [0.25, 0.3) is 0 Å². The smallest absolute Gasteiger partial charge is 0.246 e. The number of halogens is 3. The van der Waals surface area contributed by atoms with Gasteiger partial charge in [-0.3, -0.25) is 4.79 Å². The number of carbonyl (C=O) groups excluding carboxylic acids is 1. The number of hydrogen-bond acceptors (Lipinski definition) is 5. The zero-order chi connectivity index (χ0) is 21.6. The Hall–Kier alpha value is -2.84. The molecule has 0 bridgehead atoms. The molecular formula is C21H24F3N5O. The van der Waals surface area contributed by atoms with E-state index in [0.717, 1.165) is 48.7 Å². The molecular weight excluding hydrogens is 395 g/mol. The number of carbonyl (C=O) groups is 1. The highest BCUT2D eigenvalue weighted by Gasteiger charge is 2.32. The molecule has 1 saturated carbocycles. The third-order valence-electron chi connectivity index (χ3n) is 6.03. The van der Waals surface area contributed by atoms with Crippen molar-refractivity contribution in [2.45, 2.75) is 51.6 Å². The van der Waals surface area contributed by atoms with Crippen LogP contribution in [0.1, 0.15) is 37.7 Å². The molecule has 0 spiro atoms. The van der Waals surface area contributed by atoms with E-state index >= 15 is 0 Å². The van der Waals surface area contributed by atoms with Crippen molar-refractivity contribution in [1.29, 1.82) is 0 Å². The first-order valence-electron chi connectivity index (χ1n) is 10.0. The number of rotatable bonds is 5. The average molecular weight is 419 g/mol. The van der Waals surface area contributed by atoms with Crippen LogP contribution in [0, 0.1) is 30.3 Å². The second kappa shape index (κ2) is 7.77. The van der Waals surface area contributed by atoms with Crippen molar-refractivity contribution in [2.75, 3.05) is 22.6 Å². The predicted octanol–water partition coefficient (Wildman–Crippen LogP) is 3.80. The lowest BCUT2D eigenvalue weighted by molar-refractivity contribution is -0.117. The Bertz CT molecular complexity index is 970. The number of benzene rings is 1. The molecule has 1 fully saturated rings. The van der Waals surface area contributed by atoms with Crippen molar-refractivity contribution in [1.82, 2.24) is 9.97 Å². The summed E-state index contributed by atoms with van der Waals surface area (Å²) in [6, 6.07) is 1.77. The first kappa shape index (κ1) is 20.4. The van der Waals surface area contributed by atoms with E-state index in [1.807, 2.05) is 25.8 Å². The van der Waals surface area contributed by atoms with E-state index in [1.54, 1.807) is 0 Å². The molecule has 2 aromatic rings. The van der Waals surface area contributed by atoms with Crippen LogP contribution >= 0.6 is 0 Å². The summed E-state index contributed by atoms with van der Waals surface area (Å²) in [6.45, 7) is 3.69. The summed E-state index contributed by atoms with van der Waals surface area (Å²) in [5.74, 6) is -1.98. The minimum Gasteiger partial charge on any atom is -0.382 e. The highest BCUT2D eigenvalue weighted by molar-refractivity contribution is 6.02. The van der Waals surface area contributed by atoms with Gasteiger partial charge in [0.25, 0.3) is 0 Å². The summed E-state index contributed by atoms with van der Waals surface area (Å²) >= 11 is 0. The summed E-state index contributed by atoms with van der Waals surface area (Å²) in [5, 5.41) is 5.93. The SMILES string of the molecule is Cc1nc(CCC2CC(Nc3cc(F)c(F)c(F)c3)C2)nc2c1NC(=O)[C@H](C)N2C. The summed E-state index contributed by atoms with van der Waals surface area (Å²) in [5.41, 5.74) is 1.66. The molecule has 1 aromatic carbocycles. The molecule has 30 heavy (non-hydrogen) atoms. The number of likely N-dealkylation sites (N-methyl/N-ethyl adjacent to an activating group) is 1. The first-order chi connectivity index (χ1) is 14.2. The van der Waals surface area contributed by atoms with Gasteiger partial charge in [0.15, 0.2) is 23.3 Å². The van der Waals surface area contributed by atoms with Crippen LogP contribution in [-0.2, 0) is 11.2 Å². The Morgan fingerprint density at radius 1 is 1.20 bits per heavy atom. The molecule has 9 heteroatoms. The lowest BCUT2D eigenvalue weighted by Gasteiger charge is -2.37. The number of aromatic nitrogens is 2. The number of hydrogen-bond donors (Lipinski definition) is 2. The van der Waals surface area contributed by atoms with Crippen LogP contribution in [0.2, 0.25) is 0 Å². The van der Waals surface area contributed by atoms with Crippen LogP contribution in [0.15, 0.2) is 12.1 Å². The van der Waals surface area contributed by atoms with E-state index in [1.165, 1.54) is 0 Å². The maximum absolute atomic E-state index is 13.3. The first-order valence-corrected chi connectivity index (χ1v) is 10.0. The van der Waals surface area contributed by atoms with Gasteiger partial charge in [-0.25, -0.2) is 23.1 Å². The fourth-order valence-corrected chi connectivity index (χ4v) is 4.01. The van der Waals surface area contributed by atoms with Crippen LogP contribution < -0.4 is 15.5 Å². The minimum atomic E-state index is -1.45. The third kappa shape index (κ3) is 3.80. The Kier molecular flexibility index (Phi) is 5.29. The number of nitrogens with one attached hydrogen (secondary N) is 2. The third-order valence-corrected chi connectivity index (χ3v) is 6.03. The van der Waals surface area contributed by atoms with Crippen LogP contribution in [-0.4, -0.2) is 35.0 Å². The number of nitrogens with zero attached hydrogens (tertiary/aromatic N) is 3. The molecule has 6 nitrogen and oxygen atoms in total. The Balaban J connectivity index is 1.33. The van der Waals surface area contributed by atoms with Gasteiger partial charge < -0.3 is 15.5 Å². The molecule has 0 radical (unpaired) electrons. The molecule has 1 aliphatic heterocycles. The van der Waals surface area contributed by atoms with Gasteiger partial charge in [-0.05, 0) is 39.0 Å². The Labute approximate surface area is 172 Å². The van der Waals surface area contributed by atoms with Crippen molar-refractivity contribution in [3.8, 4) is 0 Å². The minimum absolute atomic E-state index is 0.0709. The van der Waals surface area contributed by atoms with E-state index in [0.29, 0.717) is 18.0 Å². The molecule has 2 N–H and O–H groups in total. The van der Waals surface area contributed by atoms with E-state index in [4.69, 9.17) is 0 Å². The number of aryl methyl sites for hydroxylation is 2. The topological polar surface area (TPSA) is 70.1 Å². The van der Waals surface area contributed by atoms with E-state index < -0.39 is 17.5 Å². The van der Waals surface area contributed by atoms with E-state index in [9.17, 15) is 18.0 Å². The molecule has 1 aliphatic carbocycles. The van der Waals surface area contributed by atoms with Gasteiger partial charge in [0, 0.05) is 37.3 Å². The fraction of sp³-hybridized carbons (Fsp3) is 0.476. The van der Waals surface area contributed by atoms with Crippen molar-refractivity contribution in [3.63, 3.8) is 0 Å². The highest BCUT2D eigenvalue weighted by Crippen LogP contribution is 2.35. The quantitative estimate of drug-likeness (QED) is 0.722. The molecule has 160 valence electrons. The van der Waals surface area contributed by atoms with Crippen LogP contribution in [0.3, 0.4) is 0 Å². The van der Waals surface area contributed by atoms with Gasteiger partial charge in [-0.1, -0.05) is 0 Å². The Morgan fingerprint density at radius 3 is 2.53 bits per heavy atom. The van der Waals surface area contributed by atoms with Crippen LogP contribution in [0.4, 0.5) is 30.4 Å². The van der Waals surface area contributed by atoms with Crippen LogP contribution in [0.5, 0.6) is 0 Å². The van der Waals surface area contributed by atoms with Gasteiger partial charge in [-0.2, -0.15) is 0 Å². The maximum atomic E-state index is 13.3. The maximum Gasteiger partial charge on any atom is 0.246 e. The zero-order valence-electron chi connectivity index (χ0n) is 17.1. The number of anilines is 3. The molecule has 0 unspecified atom stereocenters. The molecule has 4 rings (SSSR count). The number of fused-ring (bicyclic) bond motifs is 1. The fourth-order valence-electron chi connectivity index (χ4n) is 4.01. The zero-order valence-corrected chi connectivity index (χ0v) is 17.1. The average Bonchev–Trinajstić information content (AvgIpc) is 2.67. The lowest BCUT2D eigenvalue weighted by Crippen LogP contribution is -2.45. The van der Waals surface area contributed by atoms with Gasteiger partial charge in [0.05, 0.1) is 5.69 Å². The van der Waals surface area contributed by atoms with Crippen molar-refractivity contribution >= 4 is 23.1 Å². The van der Waals surface area contributed by atoms with Gasteiger partial charge in [0.2, 0.25) is 5.91 Å². The summed E-state index contributed by atoms with van der Waals surface area (Å²) in [7, 11) is 1.85. The van der Waals surface area contributed by atoms with Crippen molar-refractivity contribution < 1.29 is 18.0 Å². The molecule has 1 amide bonds. The molecule has 2 heterocycles. The molecule has 1 aromatic heterocycles. The Morgan fingerprint density at radius 2 is 1.87 bits per heavy atom. The summed E-state index contributed by atoms with van der Waals surface area (Å²) in [6.07, 6.45) is 3.32. The van der Waals surface area contributed by atoms with E-state index in [2.05, 4.69) is 20.6 Å². The molecule has 0 saturated heterocycles. The van der Waals surface area contributed by atoms with Crippen molar-refractivity contribution in [2.24, 2.45) is 5.92 Å². The summed E-state index contributed by atoms with van der Waals surface area (Å²) < 4.78 is 39.7.